The zero-order chi connectivity index (χ0) is 17.2. The maximum absolute atomic E-state index is 9.96. The maximum Gasteiger partial charge on any atom is 0.177 e. The summed E-state index contributed by atoms with van der Waals surface area (Å²) >= 11 is 0. The molecule has 0 amide bonds. The molecule has 0 aromatic heterocycles. The Morgan fingerprint density at radius 1 is 0.773 bits per heavy atom. The van der Waals surface area contributed by atoms with Crippen molar-refractivity contribution in [3.8, 4) is 12.4 Å². The number of nitriles is 2. The molecule has 4 N–H and O–H groups in total. The van der Waals surface area contributed by atoms with Crippen LogP contribution < -0.4 is 10.6 Å². The van der Waals surface area contributed by atoms with Crippen LogP contribution in [0.2, 0.25) is 0 Å². The fourth-order valence-electron chi connectivity index (χ4n) is 2.16. The van der Waals surface area contributed by atoms with Crippen LogP contribution in [0.5, 0.6) is 0 Å². The van der Waals surface area contributed by atoms with Crippen molar-refractivity contribution in [1.29, 1.82) is 10.5 Å². The lowest BCUT2D eigenvalue weighted by atomic mass is 9.92. The first-order chi connectivity index (χ1) is 10.1. The van der Waals surface area contributed by atoms with E-state index in [2.05, 4.69) is 10.6 Å². The highest BCUT2D eigenvalue weighted by Crippen LogP contribution is 2.18. The number of aliphatic hydroxyl groups is 2. The highest BCUT2D eigenvalue weighted by Gasteiger charge is 2.21. The van der Waals surface area contributed by atoms with E-state index in [1.165, 1.54) is 0 Å². The predicted molar refractivity (Wildman–Crippen MR) is 85.4 cm³/mol. The van der Waals surface area contributed by atoms with Crippen LogP contribution in [-0.4, -0.2) is 33.5 Å². The Morgan fingerprint density at radius 2 is 1.09 bits per heavy atom. The van der Waals surface area contributed by atoms with Crippen LogP contribution in [0.15, 0.2) is 0 Å². The second kappa shape index (κ2) is 9.50. The van der Waals surface area contributed by atoms with Gasteiger partial charge in [-0.15, -0.1) is 0 Å². The second-order valence-electron chi connectivity index (χ2n) is 7.20. The SMILES string of the molecule is CC(C)(CCC(O)CCC(O)CCC(C)(C)NC#N)NC#N. The first-order valence-electron chi connectivity index (χ1n) is 7.80. The molecule has 2 unspecified atom stereocenters. The van der Waals surface area contributed by atoms with Gasteiger partial charge in [-0.3, -0.25) is 0 Å². The number of hydrogen-bond donors (Lipinski definition) is 4. The molecule has 2 atom stereocenters. The normalized spacial score (nSPS) is 14.5. The van der Waals surface area contributed by atoms with Crippen LogP contribution in [0, 0.1) is 22.9 Å². The van der Waals surface area contributed by atoms with Crippen LogP contribution in [0.25, 0.3) is 0 Å². The van der Waals surface area contributed by atoms with Gasteiger partial charge in [0.25, 0.3) is 0 Å². The van der Waals surface area contributed by atoms with Gasteiger partial charge in [-0.05, 0) is 66.2 Å². The van der Waals surface area contributed by atoms with Gasteiger partial charge in [-0.1, -0.05) is 0 Å². The Morgan fingerprint density at radius 3 is 1.36 bits per heavy atom. The van der Waals surface area contributed by atoms with E-state index < -0.39 is 12.2 Å². The van der Waals surface area contributed by atoms with Gasteiger partial charge in [0, 0.05) is 11.1 Å². The van der Waals surface area contributed by atoms with Crippen molar-refractivity contribution in [3.63, 3.8) is 0 Å². The molecule has 6 heteroatoms. The third-order valence-corrected chi connectivity index (χ3v) is 3.83. The minimum absolute atomic E-state index is 0.318. The first kappa shape index (κ1) is 20.5. The van der Waals surface area contributed by atoms with E-state index in [9.17, 15) is 10.2 Å². The van der Waals surface area contributed by atoms with E-state index >= 15 is 0 Å². The highest BCUT2D eigenvalue weighted by atomic mass is 16.3. The molecular weight excluding hydrogens is 280 g/mol. The van der Waals surface area contributed by atoms with Crippen molar-refractivity contribution in [2.24, 2.45) is 0 Å². The Hall–Kier alpha value is -1.50. The van der Waals surface area contributed by atoms with Crippen molar-refractivity contribution >= 4 is 0 Å². The van der Waals surface area contributed by atoms with Gasteiger partial charge in [0.1, 0.15) is 0 Å². The molecule has 6 nitrogen and oxygen atoms in total. The van der Waals surface area contributed by atoms with Crippen molar-refractivity contribution in [2.75, 3.05) is 0 Å². The third kappa shape index (κ3) is 10.3. The number of rotatable bonds is 11. The van der Waals surface area contributed by atoms with Crippen LogP contribution >= 0.6 is 0 Å². The van der Waals surface area contributed by atoms with Crippen LogP contribution in [-0.2, 0) is 0 Å². The summed E-state index contributed by atoms with van der Waals surface area (Å²) in [6.07, 6.45) is 6.54. The Kier molecular flexibility index (Phi) is 8.86. The molecule has 0 fully saturated rings. The fourth-order valence-corrected chi connectivity index (χ4v) is 2.16. The quantitative estimate of drug-likeness (QED) is 0.342. The van der Waals surface area contributed by atoms with E-state index in [0.717, 1.165) is 0 Å². The van der Waals surface area contributed by atoms with Gasteiger partial charge in [-0.2, -0.15) is 10.5 Å². The Bertz CT molecular complexity index is 358. The summed E-state index contributed by atoms with van der Waals surface area (Å²) < 4.78 is 0. The predicted octanol–water partition coefficient (Wildman–Crippen LogP) is 1.75. The molecule has 0 aliphatic rings. The molecule has 0 aliphatic heterocycles. The minimum Gasteiger partial charge on any atom is -0.393 e. The molecule has 0 saturated carbocycles. The van der Waals surface area contributed by atoms with E-state index in [-0.39, 0.29) is 11.1 Å². The van der Waals surface area contributed by atoms with E-state index in [4.69, 9.17) is 10.5 Å². The number of aliphatic hydroxyl groups excluding tert-OH is 2. The van der Waals surface area contributed by atoms with E-state index in [1.807, 2.05) is 40.1 Å². The molecule has 0 rings (SSSR count). The fraction of sp³-hybridized carbons (Fsp3) is 0.875. The zero-order valence-electron chi connectivity index (χ0n) is 14.2. The van der Waals surface area contributed by atoms with E-state index in [0.29, 0.717) is 38.5 Å². The largest absolute Gasteiger partial charge is 0.393 e. The second-order valence-corrected chi connectivity index (χ2v) is 7.20. The van der Waals surface area contributed by atoms with Gasteiger partial charge in [-0.25, -0.2) is 0 Å². The van der Waals surface area contributed by atoms with E-state index in [1.54, 1.807) is 0 Å². The van der Waals surface area contributed by atoms with Crippen LogP contribution in [0.3, 0.4) is 0 Å². The summed E-state index contributed by atoms with van der Waals surface area (Å²) in [6, 6.07) is 0. The summed E-state index contributed by atoms with van der Waals surface area (Å²) in [5, 5.41) is 42.6. The smallest absolute Gasteiger partial charge is 0.177 e. The molecule has 0 aromatic rings. The number of nitrogens with zero attached hydrogens (tertiary/aromatic N) is 2. The zero-order valence-corrected chi connectivity index (χ0v) is 14.2. The van der Waals surface area contributed by atoms with Crippen molar-refractivity contribution in [1.82, 2.24) is 10.6 Å². The maximum atomic E-state index is 9.96. The van der Waals surface area contributed by atoms with Gasteiger partial charge >= 0.3 is 0 Å². The van der Waals surface area contributed by atoms with Crippen molar-refractivity contribution in [2.45, 2.75) is 89.5 Å². The lowest BCUT2D eigenvalue weighted by molar-refractivity contribution is 0.0941. The topological polar surface area (TPSA) is 112 Å². The summed E-state index contributed by atoms with van der Waals surface area (Å²) in [6.45, 7) is 7.67. The molecule has 0 bridgehead atoms. The summed E-state index contributed by atoms with van der Waals surface area (Å²) in [4.78, 5) is 0. The molecule has 126 valence electrons. The average molecular weight is 310 g/mol. The standard InChI is InChI=1S/C16H30N4O2/c1-15(2,19-11-17)9-7-13(21)5-6-14(22)8-10-16(3,4)20-12-18/h13-14,19-22H,5-10H2,1-4H3. The Balaban J connectivity index is 3.93. The van der Waals surface area contributed by atoms with Crippen LogP contribution in [0.4, 0.5) is 0 Å². The van der Waals surface area contributed by atoms with Gasteiger partial charge in [0.2, 0.25) is 0 Å². The summed E-state index contributed by atoms with van der Waals surface area (Å²) in [7, 11) is 0. The monoisotopic (exact) mass is 310 g/mol. The lowest BCUT2D eigenvalue weighted by Crippen LogP contribution is -2.37. The molecule has 0 aromatic carbocycles. The van der Waals surface area contributed by atoms with Gasteiger partial charge < -0.3 is 20.8 Å². The molecule has 0 spiro atoms. The van der Waals surface area contributed by atoms with Gasteiger partial charge in [0.15, 0.2) is 12.4 Å². The average Bonchev–Trinajstić information content (AvgIpc) is 2.41. The van der Waals surface area contributed by atoms with Gasteiger partial charge in [0.05, 0.1) is 12.2 Å². The number of nitrogens with one attached hydrogen (secondary N) is 2. The van der Waals surface area contributed by atoms with Crippen molar-refractivity contribution in [3.05, 3.63) is 0 Å². The third-order valence-electron chi connectivity index (χ3n) is 3.83. The molecule has 0 radical (unpaired) electrons. The molecule has 0 saturated heterocycles. The Labute approximate surface area is 134 Å². The molecule has 0 heterocycles. The highest BCUT2D eigenvalue weighted by molar-refractivity contribution is 4.86. The van der Waals surface area contributed by atoms with Crippen molar-refractivity contribution < 1.29 is 10.2 Å². The lowest BCUT2D eigenvalue weighted by Gasteiger charge is -2.25. The minimum atomic E-state index is -0.473. The molecule has 22 heavy (non-hydrogen) atoms. The molecular formula is C16H30N4O2. The van der Waals surface area contributed by atoms with Crippen LogP contribution in [0.1, 0.15) is 66.2 Å². The molecule has 0 aliphatic carbocycles. The summed E-state index contributed by atoms with van der Waals surface area (Å²) in [5.41, 5.74) is -0.636. The number of hydrogen-bond acceptors (Lipinski definition) is 6. The first-order valence-corrected chi connectivity index (χ1v) is 7.80. The summed E-state index contributed by atoms with van der Waals surface area (Å²) in [5.74, 6) is 0.